The standard InChI is InChI=1S/C18H20N2O4/c1-5-12-10(3)17(23)20-15(12)8-14-9(2)13(6-7-16(21)22)11(4)19(14)18(20)24/h8H,5-7H2,1-4H3,(H,21,22). The van der Waals surface area contributed by atoms with Crippen molar-refractivity contribution in [3.8, 4) is 0 Å². The zero-order valence-electron chi connectivity index (χ0n) is 14.3. The molecule has 0 spiro atoms. The van der Waals surface area contributed by atoms with Gasteiger partial charge in [0, 0.05) is 17.7 Å². The Bertz CT molecular complexity index is 989. The molecule has 126 valence electrons. The van der Waals surface area contributed by atoms with Crippen LogP contribution in [0.1, 0.15) is 54.0 Å². The molecule has 0 fully saturated rings. The Morgan fingerprint density at radius 3 is 2.46 bits per heavy atom. The van der Waals surface area contributed by atoms with Crippen molar-refractivity contribution in [3.05, 3.63) is 44.6 Å². The van der Waals surface area contributed by atoms with Crippen LogP contribution in [-0.4, -0.2) is 26.0 Å². The fraction of sp³-hybridized carbons (Fsp3) is 0.389. The van der Waals surface area contributed by atoms with Gasteiger partial charge in [-0.2, -0.15) is 0 Å². The summed E-state index contributed by atoms with van der Waals surface area (Å²) >= 11 is 0. The average molecular weight is 328 g/mol. The predicted molar refractivity (Wildman–Crippen MR) is 90.6 cm³/mol. The van der Waals surface area contributed by atoms with Crippen LogP contribution in [0, 0.1) is 13.8 Å². The lowest BCUT2D eigenvalue weighted by molar-refractivity contribution is -0.136. The lowest BCUT2D eigenvalue weighted by Crippen LogP contribution is -2.31. The number of carbonyl (C=O) groups excluding carboxylic acids is 1. The van der Waals surface area contributed by atoms with E-state index in [0.29, 0.717) is 29.8 Å². The Hall–Kier alpha value is -2.63. The topological polar surface area (TPSA) is 80.8 Å². The summed E-state index contributed by atoms with van der Waals surface area (Å²) in [6.07, 6.45) is 1.06. The highest BCUT2D eigenvalue weighted by molar-refractivity contribution is 6.08. The second-order valence-corrected chi connectivity index (χ2v) is 6.21. The lowest BCUT2D eigenvalue weighted by Gasteiger charge is -2.07. The fourth-order valence-electron chi connectivity index (χ4n) is 3.68. The number of fused-ring (bicyclic) bond motifs is 2. The summed E-state index contributed by atoms with van der Waals surface area (Å²) < 4.78 is 2.76. The number of nitrogens with zero attached hydrogens (tertiary/aromatic N) is 2. The van der Waals surface area contributed by atoms with E-state index in [1.807, 2.05) is 19.9 Å². The molecule has 0 atom stereocenters. The summed E-state index contributed by atoms with van der Waals surface area (Å²) in [5, 5.41) is 8.93. The molecule has 0 saturated carbocycles. The zero-order chi connectivity index (χ0) is 17.8. The van der Waals surface area contributed by atoms with E-state index >= 15 is 0 Å². The van der Waals surface area contributed by atoms with Crippen molar-refractivity contribution in [2.24, 2.45) is 0 Å². The predicted octanol–water partition coefficient (Wildman–Crippen LogP) is 2.57. The monoisotopic (exact) mass is 328 g/mol. The van der Waals surface area contributed by atoms with E-state index in [0.717, 1.165) is 22.2 Å². The molecule has 0 radical (unpaired) electrons. The summed E-state index contributed by atoms with van der Waals surface area (Å²) in [4.78, 5) is 36.3. The third-order valence-corrected chi connectivity index (χ3v) is 4.98. The molecule has 2 aromatic rings. The van der Waals surface area contributed by atoms with Gasteiger partial charge in [0.15, 0.2) is 0 Å². The van der Waals surface area contributed by atoms with Gasteiger partial charge in [-0.25, -0.2) is 9.36 Å². The third kappa shape index (κ3) is 2.06. The first kappa shape index (κ1) is 16.2. The van der Waals surface area contributed by atoms with Crippen molar-refractivity contribution in [1.29, 1.82) is 0 Å². The average Bonchev–Trinajstić information content (AvgIpc) is 2.91. The molecule has 3 rings (SSSR count). The van der Waals surface area contributed by atoms with Crippen LogP contribution in [0.2, 0.25) is 0 Å². The van der Waals surface area contributed by atoms with Crippen molar-refractivity contribution in [3.63, 3.8) is 0 Å². The van der Waals surface area contributed by atoms with Gasteiger partial charge in [0.05, 0.1) is 11.2 Å². The summed E-state index contributed by atoms with van der Waals surface area (Å²) in [5.74, 6) is -1.14. The van der Waals surface area contributed by atoms with Gasteiger partial charge in [0.2, 0.25) is 0 Å². The molecule has 0 saturated heterocycles. The van der Waals surface area contributed by atoms with Crippen LogP contribution >= 0.6 is 0 Å². The minimum Gasteiger partial charge on any atom is -0.481 e. The molecule has 0 amide bonds. The number of hydrogen-bond acceptors (Lipinski definition) is 3. The van der Waals surface area contributed by atoms with Crippen molar-refractivity contribution >= 4 is 23.0 Å². The first-order chi connectivity index (χ1) is 11.3. The van der Waals surface area contributed by atoms with Crippen LogP contribution in [0.15, 0.2) is 16.4 Å². The number of aliphatic carboxylic acids is 1. The number of rotatable bonds is 4. The molecule has 0 aromatic carbocycles. The Morgan fingerprint density at radius 2 is 1.88 bits per heavy atom. The van der Waals surface area contributed by atoms with Crippen LogP contribution < -0.4 is 5.69 Å². The Morgan fingerprint density at radius 1 is 1.21 bits per heavy atom. The minimum absolute atomic E-state index is 0.0117. The van der Waals surface area contributed by atoms with Gasteiger partial charge in [-0.05, 0) is 56.4 Å². The van der Waals surface area contributed by atoms with Gasteiger partial charge in [-0.3, -0.25) is 14.0 Å². The SMILES string of the molecule is CCC1=C(C)C(=O)n2c1cc1c(C)c(CCC(=O)O)c(C)n1c2=O. The van der Waals surface area contributed by atoms with Crippen LogP contribution in [-0.2, 0) is 11.2 Å². The number of aromatic nitrogens is 2. The summed E-state index contributed by atoms with van der Waals surface area (Å²) in [6, 6.07) is 1.88. The number of aryl methyl sites for hydroxylation is 2. The van der Waals surface area contributed by atoms with E-state index in [1.165, 1.54) is 8.97 Å². The Kier molecular flexibility index (Phi) is 3.70. The minimum atomic E-state index is -0.870. The fourth-order valence-corrected chi connectivity index (χ4v) is 3.68. The van der Waals surface area contributed by atoms with Crippen molar-refractivity contribution in [1.82, 2.24) is 8.97 Å². The largest absolute Gasteiger partial charge is 0.481 e. The zero-order valence-corrected chi connectivity index (χ0v) is 14.3. The van der Waals surface area contributed by atoms with E-state index in [9.17, 15) is 14.4 Å². The summed E-state index contributed by atoms with van der Waals surface area (Å²) in [5.41, 5.74) is 5.01. The molecule has 0 bridgehead atoms. The summed E-state index contributed by atoms with van der Waals surface area (Å²) in [6.45, 7) is 7.41. The van der Waals surface area contributed by atoms with Crippen LogP contribution in [0.25, 0.3) is 11.1 Å². The maximum absolute atomic E-state index is 12.9. The lowest BCUT2D eigenvalue weighted by atomic mass is 10.0. The van der Waals surface area contributed by atoms with E-state index in [-0.39, 0.29) is 18.0 Å². The number of hydrogen-bond donors (Lipinski definition) is 1. The van der Waals surface area contributed by atoms with Crippen molar-refractivity contribution < 1.29 is 14.7 Å². The smallest absolute Gasteiger partial charge is 0.340 e. The molecule has 6 heteroatoms. The maximum atomic E-state index is 12.9. The molecule has 6 nitrogen and oxygen atoms in total. The van der Waals surface area contributed by atoms with Crippen molar-refractivity contribution in [2.75, 3.05) is 0 Å². The van der Waals surface area contributed by atoms with E-state index in [4.69, 9.17) is 5.11 Å². The molecular weight excluding hydrogens is 308 g/mol. The molecule has 1 N–H and O–H groups in total. The van der Waals surface area contributed by atoms with Gasteiger partial charge < -0.3 is 5.11 Å². The van der Waals surface area contributed by atoms with Gasteiger partial charge in [-0.1, -0.05) is 6.92 Å². The number of carbonyl (C=O) groups is 2. The van der Waals surface area contributed by atoms with E-state index in [1.54, 1.807) is 13.8 Å². The normalized spacial score (nSPS) is 13.9. The second-order valence-electron chi connectivity index (χ2n) is 6.21. The van der Waals surface area contributed by atoms with Crippen LogP contribution in [0.5, 0.6) is 0 Å². The molecule has 3 heterocycles. The van der Waals surface area contributed by atoms with E-state index in [2.05, 4.69) is 0 Å². The second kappa shape index (κ2) is 5.47. The third-order valence-electron chi connectivity index (χ3n) is 4.98. The molecule has 2 aromatic heterocycles. The highest BCUT2D eigenvalue weighted by Crippen LogP contribution is 2.31. The quantitative estimate of drug-likeness (QED) is 0.935. The van der Waals surface area contributed by atoms with E-state index < -0.39 is 5.97 Å². The first-order valence-electron chi connectivity index (χ1n) is 8.02. The Balaban J connectivity index is 2.32. The van der Waals surface area contributed by atoms with Gasteiger partial charge in [0.25, 0.3) is 5.91 Å². The van der Waals surface area contributed by atoms with Crippen LogP contribution in [0.4, 0.5) is 0 Å². The molecular formula is C18H20N2O4. The van der Waals surface area contributed by atoms with Crippen molar-refractivity contribution in [2.45, 2.75) is 47.0 Å². The van der Waals surface area contributed by atoms with Crippen LogP contribution in [0.3, 0.4) is 0 Å². The highest BCUT2D eigenvalue weighted by Gasteiger charge is 2.29. The molecule has 24 heavy (non-hydrogen) atoms. The number of carboxylic acids is 1. The molecule has 0 aliphatic carbocycles. The van der Waals surface area contributed by atoms with Gasteiger partial charge in [0.1, 0.15) is 0 Å². The number of carboxylic acid groups (broad SMARTS) is 1. The van der Waals surface area contributed by atoms with Gasteiger partial charge in [-0.15, -0.1) is 0 Å². The maximum Gasteiger partial charge on any atom is 0.340 e. The Labute approximate surface area is 139 Å². The highest BCUT2D eigenvalue weighted by atomic mass is 16.4. The molecule has 0 unspecified atom stereocenters. The first-order valence-corrected chi connectivity index (χ1v) is 8.02. The van der Waals surface area contributed by atoms with Gasteiger partial charge >= 0.3 is 11.7 Å². The summed E-state index contributed by atoms with van der Waals surface area (Å²) in [7, 11) is 0. The molecule has 1 aliphatic heterocycles. The number of allylic oxidation sites excluding steroid dienone is 2. The molecule has 1 aliphatic rings.